The zero-order valence-corrected chi connectivity index (χ0v) is 14.6. The summed E-state index contributed by atoms with van der Waals surface area (Å²) in [5.41, 5.74) is 6.92. The molecule has 118 valence electrons. The highest BCUT2D eigenvalue weighted by molar-refractivity contribution is 7.99. The van der Waals surface area contributed by atoms with E-state index in [1.54, 1.807) is 18.7 Å². The second-order valence-corrected chi connectivity index (χ2v) is 8.72. The lowest BCUT2D eigenvalue weighted by molar-refractivity contribution is 0.421. The Labute approximate surface area is 135 Å². The maximum Gasteiger partial charge on any atom is 0.240 e. The number of hydrogen-bond donors (Lipinski definition) is 2. The van der Waals surface area contributed by atoms with Crippen molar-refractivity contribution in [2.24, 2.45) is 0 Å². The van der Waals surface area contributed by atoms with E-state index in [9.17, 15) is 8.42 Å². The second-order valence-electron chi connectivity index (χ2n) is 5.46. The summed E-state index contributed by atoms with van der Waals surface area (Å²) >= 11 is 7.84. The Balaban J connectivity index is 2.18. The van der Waals surface area contributed by atoms with Gasteiger partial charge < -0.3 is 5.73 Å². The summed E-state index contributed by atoms with van der Waals surface area (Å²) in [5, 5.41) is 0.902. The average molecular weight is 349 g/mol. The van der Waals surface area contributed by atoms with Crippen molar-refractivity contribution in [3.05, 3.63) is 22.7 Å². The molecule has 1 aliphatic rings. The van der Waals surface area contributed by atoms with Gasteiger partial charge in [-0.15, -0.1) is 0 Å². The van der Waals surface area contributed by atoms with Crippen molar-refractivity contribution < 1.29 is 8.42 Å². The number of thioether (sulfide) groups is 1. The molecule has 1 aliphatic carbocycles. The minimum absolute atomic E-state index is 0.0116. The van der Waals surface area contributed by atoms with Gasteiger partial charge in [0.1, 0.15) is 0 Å². The molecule has 0 amide bonds. The Morgan fingerprint density at radius 3 is 2.71 bits per heavy atom. The van der Waals surface area contributed by atoms with Gasteiger partial charge in [0.25, 0.3) is 0 Å². The molecule has 0 saturated heterocycles. The van der Waals surface area contributed by atoms with E-state index < -0.39 is 10.0 Å². The summed E-state index contributed by atoms with van der Waals surface area (Å²) in [7, 11) is -3.58. The van der Waals surface area contributed by atoms with Crippen LogP contribution in [0.5, 0.6) is 0 Å². The van der Waals surface area contributed by atoms with Gasteiger partial charge in [-0.3, -0.25) is 0 Å². The lowest BCUT2D eigenvalue weighted by Crippen LogP contribution is -2.39. The van der Waals surface area contributed by atoms with Crippen molar-refractivity contribution in [1.82, 2.24) is 4.72 Å². The maximum atomic E-state index is 12.5. The number of benzene rings is 1. The molecular formula is C14H21ClN2O2S2. The highest BCUT2D eigenvalue weighted by Crippen LogP contribution is 2.29. The van der Waals surface area contributed by atoms with E-state index in [0.29, 0.717) is 21.5 Å². The summed E-state index contributed by atoms with van der Waals surface area (Å²) in [6.07, 6.45) is 6.03. The van der Waals surface area contributed by atoms with Gasteiger partial charge in [-0.25, -0.2) is 13.1 Å². The molecule has 7 heteroatoms. The number of nitrogens with one attached hydrogen (secondary N) is 1. The van der Waals surface area contributed by atoms with Gasteiger partial charge >= 0.3 is 0 Å². The molecule has 0 heterocycles. The minimum atomic E-state index is -3.58. The fraction of sp³-hybridized carbons (Fsp3) is 0.571. The van der Waals surface area contributed by atoms with Crippen molar-refractivity contribution in [3.63, 3.8) is 0 Å². The zero-order chi connectivity index (χ0) is 15.6. The fourth-order valence-electron chi connectivity index (χ4n) is 2.58. The summed E-state index contributed by atoms with van der Waals surface area (Å²) < 4.78 is 27.8. The molecule has 3 N–H and O–H groups in total. The van der Waals surface area contributed by atoms with Gasteiger partial charge in [0.15, 0.2) is 0 Å². The third-order valence-corrected chi connectivity index (χ3v) is 6.94. The van der Waals surface area contributed by atoms with E-state index >= 15 is 0 Å². The highest BCUT2D eigenvalue weighted by atomic mass is 35.5. The third kappa shape index (κ3) is 4.06. The normalized spacial score (nSPS) is 23.2. The molecule has 2 rings (SSSR count). The Hall–Kier alpha value is -0.430. The summed E-state index contributed by atoms with van der Waals surface area (Å²) in [5.74, 6) is 0. The van der Waals surface area contributed by atoms with Gasteiger partial charge in [0.2, 0.25) is 10.0 Å². The molecule has 2 atom stereocenters. The van der Waals surface area contributed by atoms with Crippen LogP contribution in [-0.4, -0.2) is 26.0 Å². The molecule has 0 spiro atoms. The van der Waals surface area contributed by atoms with E-state index in [0.717, 1.165) is 25.7 Å². The Morgan fingerprint density at radius 1 is 1.38 bits per heavy atom. The van der Waals surface area contributed by atoms with Crippen molar-refractivity contribution in [2.75, 3.05) is 12.0 Å². The van der Waals surface area contributed by atoms with Gasteiger partial charge in [0, 0.05) is 22.0 Å². The summed E-state index contributed by atoms with van der Waals surface area (Å²) in [6, 6.07) is 2.92. The second kappa shape index (κ2) is 6.77. The van der Waals surface area contributed by atoms with E-state index in [-0.39, 0.29) is 10.9 Å². The van der Waals surface area contributed by atoms with Crippen LogP contribution in [0.1, 0.15) is 31.2 Å². The summed E-state index contributed by atoms with van der Waals surface area (Å²) in [4.78, 5) is 0.141. The predicted octanol–water partition coefficient (Wildman–Crippen LogP) is 3.18. The van der Waals surface area contributed by atoms with Crippen LogP contribution in [0.3, 0.4) is 0 Å². The monoisotopic (exact) mass is 348 g/mol. The van der Waals surface area contributed by atoms with Crippen LogP contribution < -0.4 is 10.5 Å². The molecule has 21 heavy (non-hydrogen) atoms. The molecule has 4 nitrogen and oxygen atoms in total. The maximum absolute atomic E-state index is 12.5. The van der Waals surface area contributed by atoms with Crippen molar-refractivity contribution in [2.45, 2.75) is 48.8 Å². The van der Waals surface area contributed by atoms with Crippen LogP contribution in [0.25, 0.3) is 0 Å². The first-order valence-corrected chi connectivity index (χ1v) is 10.1. The van der Waals surface area contributed by atoms with Gasteiger partial charge in [-0.2, -0.15) is 11.8 Å². The highest BCUT2D eigenvalue weighted by Gasteiger charge is 2.26. The lowest BCUT2D eigenvalue weighted by Gasteiger charge is -2.28. The minimum Gasteiger partial charge on any atom is -0.398 e. The molecule has 0 radical (unpaired) electrons. The van der Waals surface area contributed by atoms with E-state index in [1.165, 1.54) is 12.1 Å². The quantitative estimate of drug-likeness (QED) is 0.820. The van der Waals surface area contributed by atoms with Crippen LogP contribution >= 0.6 is 23.4 Å². The van der Waals surface area contributed by atoms with Crippen molar-refractivity contribution in [3.8, 4) is 0 Å². The van der Waals surface area contributed by atoms with Gasteiger partial charge in [-0.05, 0) is 50.1 Å². The molecule has 1 aromatic rings. The van der Waals surface area contributed by atoms with Crippen LogP contribution in [0.2, 0.25) is 5.02 Å². The zero-order valence-electron chi connectivity index (χ0n) is 12.2. The fourth-order valence-corrected chi connectivity index (χ4v) is 5.05. The SMILES string of the molecule is CSC1CCCC(NS(=O)(=O)c2cc(N)c(C)c(Cl)c2)C1. The number of rotatable bonds is 4. The first-order valence-electron chi connectivity index (χ1n) is 6.94. The average Bonchev–Trinajstić information content (AvgIpc) is 2.44. The number of anilines is 1. The van der Waals surface area contributed by atoms with Crippen LogP contribution in [0.15, 0.2) is 17.0 Å². The van der Waals surface area contributed by atoms with E-state index in [2.05, 4.69) is 11.0 Å². The smallest absolute Gasteiger partial charge is 0.240 e. The largest absolute Gasteiger partial charge is 0.398 e. The van der Waals surface area contributed by atoms with Crippen molar-refractivity contribution >= 4 is 39.1 Å². The molecular weight excluding hydrogens is 328 g/mol. The molecule has 0 aliphatic heterocycles. The molecule has 2 unspecified atom stereocenters. The number of hydrogen-bond acceptors (Lipinski definition) is 4. The molecule has 0 bridgehead atoms. The lowest BCUT2D eigenvalue weighted by atomic mass is 9.96. The van der Waals surface area contributed by atoms with Crippen LogP contribution in [-0.2, 0) is 10.0 Å². The number of nitrogens with two attached hydrogens (primary N) is 1. The number of sulfonamides is 1. The molecule has 1 aromatic carbocycles. The number of halogens is 1. The third-order valence-electron chi connectivity index (χ3n) is 3.95. The molecule has 1 fully saturated rings. The van der Waals surface area contributed by atoms with Gasteiger partial charge in [-0.1, -0.05) is 18.0 Å². The van der Waals surface area contributed by atoms with E-state index in [1.807, 2.05) is 0 Å². The Kier molecular flexibility index (Phi) is 5.46. The van der Waals surface area contributed by atoms with Gasteiger partial charge in [0.05, 0.1) is 4.90 Å². The first kappa shape index (κ1) is 16.9. The predicted molar refractivity (Wildman–Crippen MR) is 90.5 cm³/mol. The Morgan fingerprint density at radius 2 is 2.10 bits per heavy atom. The standard InChI is InChI=1S/C14H21ClN2O2S2/c1-9-13(15)7-12(8-14(9)16)21(18,19)17-10-4-3-5-11(6-10)20-2/h7-8,10-11,17H,3-6,16H2,1-2H3. The topological polar surface area (TPSA) is 72.2 Å². The van der Waals surface area contributed by atoms with Crippen LogP contribution in [0.4, 0.5) is 5.69 Å². The Bertz CT molecular complexity index is 596. The first-order chi connectivity index (χ1) is 9.83. The molecule has 0 aromatic heterocycles. The van der Waals surface area contributed by atoms with E-state index in [4.69, 9.17) is 17.3 Å². The van der Waals surface area contributed by atoms with Crippen molar-refractivity contribution in [1.29, 1.82) is 0 Å². The summed E-state index contributed by atoms with van der Waals surface area (Å²) in [6.45, 7) is 1.77. The van der Waals surface area contributed by atoms with Crippen LogP contribution in [0, 0.1) is 6.92 Å². The number of nitrogen functional groups attached to an aromatic ring is 1. The molecule has 1 saturated carbocycles.